The highest BCUT2D eigenvalue weighted by Gasteiger charge is 2.21. The van der Waals surface area contributed by atoms with E-state index in [1.807, 2.05) is 0 Å². The fourth-order valence-electron chi connectivity index (χ4n) is 1.26. The van der Waals surface area contributed by atoms with Crippen LogP contribution in [0.2, 0.25) is 5.02 Å². The molecule has 0 bridgehead atoms. The van der Waals surface area contributed by atoms with Crippen molar-refractivity contribution in [3.63, 3.8) is 0 Å². The number of nitrogens with one attached hydrogen (secondary N) is 1. The highest BCUT2D eigenvalue weighted by Crippen LogP contribution is 2.33. The molecular weight excluding hydrogens is 337 g/mol. The predicted octanol–water partition coefficient (Wildman–Crippen LogP) is 4.15. The second-order valence-corrected chi connectivity index (χ2v) is 5.95. The molecule has 0 unspecified atom stereocenters. The number of carbonyl (C=O) groups is 2. The van der Waals surface area contributed by atoms with Gasteiger partial charge in [0.1, 0.15) is 5.60 Å². The van der Waals surface area contributed by atoms with Gasteiger partial charge in [-0.05, 0) is 48.8 Å². The largest absolute Gasteiger partial charge is 0.478 e. The zero-order valence-corrected chi connectivity index (χ0v) is 12.9. The number of ether oxygens (including phenoxy) is 1. The lowest BCUT2D eigenvalue weighted by Crippen LogP contribution is -2.28. The minimum Gasteiger partial charge on any atom is -0.478 e. The van der Waals surface area contributed by atoms with Crippen molar-refractivity contribution in [1.82, 2.24) is 0 Å². The van der Waals surface area contributed by atoms with Crippen molar-refractivity contribution in [2.45, 2.75) is 26.4 Å². The van der Waals surface area contributed by atoms with Crippen molar-refractivity contribution in [2.75, 3.05) is 5.32 Å². The summed E-state index contributed by atoms with van der Waals surface area (Å²) in [4.78, 5) is 22.8. The Bertz CT molecular complexity index is 525. The zero-order valence-electron chi connectivity index (χ0n) is 10.6. The summed E-state index contributed by atoms with van der Waals surface area (Å²) in [5, 5.41) is 11.5. The number of amides is 1. The maximum atomic E-state index is 11.7. The third-order valence-electron chi connectivity index (χ3n) is 1.95. The first-order chi connectivity index (χ1) is 8.61. The van der Waals surface area contributed by atoms with E-state index in [-0.39, 0.29) is 16.3 Å². The summed E-state index contributed by atoms with van der Waals surface area (Å²) < 4.78 is 5.53. The summed E-state index contributed by atoms with van der Waals surface area (Å²) in [7, 11) is 0. The van der Waals surface area contributed by atoms with Crippen molar-refractivity contribution >= 4 is 45.3 Å². The number of aromatic carboxylic acids is 1. The van der Waals surface area contributed by atoms with Gasteiger partial charge in [-0.1, -0.05) is 11.6 Å². The topological polar surface area (TPSA) is 75.6 Å². The first-order valence-corrected chi connectivity index (χ1v) is 6.50. The lowest BCUT2D eigenvalue weighted by molar-refractivity contribution is 0.0636. The smallest absolute Gasteiger partial charge is 0.412 e. The molecule has 0 aliphatic carbocycles. The Kier molecular flexibility index (Phi) is 4.81. The van der Waals surface area contributed by atoms with E-state index >= 15 is 0 Å². The molecule has 19 heavy (non-hydrogen) atoms. The number of carboxylic acids is 1. The minimum atomic E-state index is -1.19. The van der Waals surface area contributed by atoms with E-state index in [1.165, 1.54) is 12.1 Å². The van der Waals surface area contributed by atoms with Crippen molar-refractivity contribution in [3.05, 3.63) is 27.2 Å². The molecular formula is C12H13BrClNO4. The number of rotatable bonds is 2. The number of carboxylic acid groups (broad SMARTS) is 1. The molecule has 0 atom stereocenters. The normalized spacial score (nSPS) is 11.0. The minimum absolute atomic E-state index is 0.00204. The van der Waals surface area contributed by atoms with Crippen LogP contribution in [0.1, 0.15) is 31.1 Å². The van der Waals surface area contributed by atoms with Gasteiger partial charge in [0.15, 0.2) is 0 Å². The first kappa shape index (κ1) is 15.8. The van der Waals surface area contributed by atoms with Gasteiger partial charge >= 0.3 is 12.1 Å². The van der Waals surface area contributed by atoms with Crippen LogP contribution in [-0.4, -0.2) is 22.8 Å². The molecule has 0 saturated heterocycles. The zero-order chi connectivity index (χ0) is 14.8. The van der Waals surface area contributed by atoms with Crippen molar-refractivity contribution in [1.29, 1.82) is 0 Å². The van der Waals surface area contributed by atoms with E-state index in [0.29, 0.717) is 4.47 Å². The quantitative estimate of drug-likeness (QED) is 0.840. The monoisotopic (exact) mass is 349 g/mol. The molecule has 7 heteroatoms. The highest BCUT2D eigenvalue weighted by atomic mass is 79.9. The molecule has 1 amide bonds. The molecule has 2 N–H and O–H groups in total. The second kappa shape index (κ2) is 5.79. The fraction of sp³-hybridized carbons (Fsp3) is 0.333. The van der Waals surface area contributed by atoms with Gasteiger partial charge in [0.25, 0.3) is 0 Å². The summed E-state index contributed by atoms with van der Waals surface area (Å²) in [6, 6.07) is 2.83. The molecule has 0 fully saturated rings. The molecule has 0 radical (unpaired) electrons. The summed E-state index contributed by atoms with van der Waals surface area (Å²) in [5.74, 6) is -1.19. The van der Waals surface area contributed by atoms with Gasteiger partial charge in [0, 0.05) is 4.47 Å². The van der Waals surface area contributed by atoms with Gasteiger partial charge in [-0.15, -0.1) is 0 Å². The average molecular weight is 351 g/mol. The highest BCUT2D eigenvalue weighted by molar-refractivity contribution is 9.10. The van der Waals surface area contributed by atoms with Crippen LogP contribution in [0, 0.1) is 0 Å². The van der Waals surface area contributed by atoms with E-state index in [0.717, 1.165) is 0 Å². The van der Waals surface area contributed by atoms with Crippen LogP contribution in [0.5, 0.6) is 0 Å². The molecule has 0 saturated carbocycles. The Balaban J connectivity index is 3.09. The molecule has 0 heterocycles. The summed E-state index contributed by atoms with van der Waals surface area (Å²) in [6.07, 6.45) is -0.769. The van der Waals surface area contributed by atoms with Crippen LogP contribution in [0.15, 0.2) is 16.6 Å². The number of hydrogen-bond donors (Lipinski definition) is 2. The van der Waals surface area contributed by atoms with Gasteiger partial charge in [-0.2, -0.15) is 0 Å². The van der Waals surface area contributed by atoms with Gasteiger partial charge < -0.3 is 9.84 Å². The van der Waals surface area contributed by atoms with Crippen LogP contribution in [-0.2, 0) is 4.74 Å². The van der Waals surface area contributed by atoms with Crippen LogP contribution in [0.3, 0.4) is 0 Å². The molecule has 0 aliphatic heterocycles. The van der Waals surface area contributed by atoms with E-state index in [1.54, 1.807) is 20.8 Å². The van der Waals surface area contributed by atoms with Crippen LogP contribution < -0.4 is 5.32 Å². The lowest BCUT2D eigenvalue weighted by atomic mass is 10.2. The number of hydrogen-bond acceptors (Lipinski definition) is 3. The molecule has 0 aliphatic rings. The summed E-state index contributed by atoms with van der Waals surface area (Å²) in [6.45, 7) is 5.10. The summed E-state index contributed by atoms with van der Waals surface area (Å²) >= 11 is 9.14. The Hall–Kier alpha value is -1.27. The van der Waals surface area contributed by atoms with Crippen molar-refractivity contribution in [3.8, 4) is 0 Å². The van der Waals surface area contributed by atoms with Crippen LogP contribution >= 0.6 is 27.5 Å². The number of anilines is 1. The number of halogens is 2. The molecule has 5 nitrogen and oxygen atoms in total. The maximum Gasteiger partial charge on any atom is 0.412 e. The molecule has 1 aromatic rings. The van der Waals surface area contributed by atoms with E-state index in [2.05, 4.69) is 21.2 Å². The first-order valence-electron chi connectivity index (χ1n) is 5.33. The Morgan fingerprint density at radius 2 is 1.95 bits per heavy atom. The SMILES string of the molecule is CC(C)(C)OC(=O)Nc1c(C(=O)O)ccc(Br)c1Cl. The van der Waals surface area contributed by atoms with Gasteiger partial charge in [-0.3, -0.25) is 5.32 Å². The number of benzene rings is 1. The van der Waals surface area contributed by atoms with E-state index in [9.17, 15) is 9.59 Å². The van der Waals surface area contributed by atoms with Gasteiger partial charge in [-0.25, -0.2) is 9.59 Å². The maximum absolute atomic E-state index is 11.7. The second-order valence-electron chi connectivity index (χ2n) is 4.72. The molecule has 1 rings (SSSR count). The molecule has 1 aromatic carbocycles. The molecule has 104 valence electrons. The molecule has 0 spiro atoms. The Labute approximate surface area is 124 Å². The van der Waals surface area contributed by atoms with Crippen molar-refractivity contribution in [2.24, 2.45) is 0 Å². The summed E-state index contributed by atoms with van der Waals surface area (Å²) in [5.41, 5.74) is -0.803. The van der Waals surface area contributed by atoms with Crippen LogP contribution in [0.4, 0.5) is 10.5 Å². The lowest BCUT2D eigenvalue weighted by Gasteiger charge is -2.20. The van der Waals surface area contributed by atoms with Crippen LogP contribution in [0.25, 0.3) is 0 Å². The average Bonchev–Trinajstić information content (AvgIpc) is 2.21. The molecule has 0 aromatic heterocycles. The standard InChI is InChI=1S/C12H13BrClNO4/c1-12(2,3)19-11(18)15-9-6(10(16)17)4-5-7(13)8(9)14/h4-5H,1-3H3,(H,15,18)(H,16,17). The third kappa shape index (κ3) is 4.40. The Morgan fingerprint density at radius 1 is 1.37 bits per heavy atom. The Morgan fingerprint density at radius 3 is 2.42 bits per heavy atom. The predicted molar refractivity (Wildman–Crippen MR) is 76.0 cm³/mol. The third-order valence-corrected chi connectivity index (χ3v) is 3.23. The fourth-order valence-corrected chi connectivity index (χ4v) is 1.80. The van der Waals surface area contributed by atoms with E-state index < -0.39 is 17.7 Å². The van der Waals surface area contributed by atoms with Gasteiger partial charge in [0.05, 0.1) is 16.3 Å². The van der Waals surface area contributed by atoms with Gasteiger partial charge in [0.2, 0.25) is 0 Å². The van der Waals surface area contributed by atoms with E-state index in [4.69, 9.17) is 21.4 Å². The number of carbonyl (C=O) groups excluding carboxylic acids is 1. The van der Waals surface area contributed by atoms with Crippen molar-refractivity contribution < 1.29 is 19.4 Å².